The van der Waals surface area contributed by atoms with Crippen LogP contribution in [0.2, 0.25) is 0 Å². The molecule has 6 heteroatoms. The summed E-state index contributed by atoms with van der Waals surface area (Å²) in [7, 11) is 1.52. The van der Waals surface area contributed by atoms with Gasteiger partial charge in [0.25, 0.3) is 0 Å². The van der Waals surface area contributed by atoms with Gasteiger partial charge in [-0.15, -0.1) is 5.10 Å². The highest BCUT2D eigenvalue weighted by Crippen LogP contribution is 2.23. The number of rotatable bonds is 3. The maximum absolute atomic E-state index is 9.69. The van der Waals surface area contributed by atoms with Gasteiger partial charge in [-0.3, -0.25) is 0 Å². The van der Waals surface area contributed by atoms with Crippen molar-refractivity contribution in [1.29, 1.82) is 0 Å². The molecule has 0 amide bonds. The molecule has 1 aromatic carbocycles. The molecule has 1 aromatic rings. The van der Waals surface area contributed by atoms with E-state index < -0.39 is 0 Å². The Morgan fingerprint density at radius 2 is 2.00 bits per heavy atom. The molecule has 0 aliphatic heterocycles. The van der Waals surface area contributed by atoms with E-state index in [0.29, 0.717) is 17.0 Å². The van der Waals surface area contributed by atoms with Crippen LogP contribution in [0.15, 0.2) is 28.4 Å². The normalized spacial score (nSPS) is 11.0. The Bertz CT molecular complexity index is 436. The van der Waals surface area contributed by atoms with E-state index in [1.807, 2.05) is 0 Å². The average Bonchev–Trinajstić information content (AvgIpc) is 2.25. The minimum Gasteiger partial charge on any atom is -0.507 e. The van der Waals surface area contributed by atoms with Crippen LogP contribution in [0.4, 0.5) is 0 Å². The van der Waals surface area contributed by atoms with Gasteiger partial charge in [0.15, 0.2) is 0 Å². The Morgan fingerprint density at radius 1 is 1.31 bits per heavy atom. The molecule has 0 aliphatic carbocycles. The van der Waals surface area contributed by atoms with Gasteiger partial charge in [-0.2, -0.15) is 5.10 Å². The third-order valence-electron chi connectivity index (χ3n) is 1.91. The monoisotopic (exact) mass is 222 g/mol. The van der Waals surface area contributed by atoms with Crippen LogP contribution in [-0.2, 0) is 0 Å². The Morgan fingerprint density at radius 3 is 2.50 bits per heavy atom. The van der Waals surface area contributed by atoms with Crippen molar-refractivity contribution in [3.8, 4) is 11.5 Å². The van der Waals surface area contributed by atoms with Crippen LogP contribution in [0.3, 0.4) is 0 Å². The minimum absolute atomic E-state index is 0.0615. The highest BCUT2D eigenvalue weighted by atomic mass is 16.5. The number of phenolic OH excluding ortho intramolecular Hbond substituents is 1. The first-order chi connectivity index (χ1) is 7.54. The lowest BCUT2D eigenvalue weighted by Gasteiger charge is -2.05. The van der Waals surface area contributed by atoms with Crippen molar-refractivity contribution in [2.24, 2.45) is 21.7 Å². The van der Waals surface area contributed by atoms with Gasteiger partial charge in [-0.1, -0.05) is 0 Å². The zero-order chi connectivity index (χ0) is 12.1. The molecule has 0 saturated heterocycles. The van der Waals surface area contributed by atoms with Gasteiger partial charge in [0.05, 0.1) is 12.8 Å². The Hall–Kier alpha value is -2.24. The van der Waals surface area contributed by atoms with Gasteiger partial charge in [-0.25, -0.2) is 0 Å². The Kier molecular flexibility index (Phi) is 3.71. The lowest BCUT2D eigenvalue weighted by atomic mass is 10.1. The van der Waals surface area contributed by atoms with E-state index >= 15 is 0 Å². The Labute approximate surface area is 93.2 Å². The molecule has 0 saturated carbocycles. The van der Waals surface area contributed by atoms with Crippen LogP contribution in [0, 0.1) is 0 Å². The number of nitrogens with zero attached hydrogens (tertiary/aromatic N) is 2. The van der Waals surface area contributed by atoms with E-state index in [4.69, 9.17) is 16.2 Å². The number of hydrogen-bond donors (Lipinski definition) is 3. The third-order valence-corrected chi connectivity index (χ3v) is 1.91. The van der Waals surface area contributed by atoms with Gasteiger partial charge < -0.3 is 21.3 Å². The van der Waals surface area contributed by atoms with Crippen molar-refractivity contribution < 1.29 is 9.84 Å². The number of hydrogen-bond acceptors (Lipinski definition) is 4. The predicted octanol–water partition coefficient (Wildman–Crippen LogP) is 0.398. The van der Waals surface area contributed by atoms with E-state index in [1.54, 1.807) is 19.1 Å². The largest absolute Gasteiger partial charge is 0.507 e. The molecule has 0 unspecified atom stereocenters. The van der Waals surface area contributed by atoms with E-state index in [2.05, 4.69) is 10.2 Å². The summed E-state index contributed by atoms with van der Waals surface area (Å²) < 4.78 is 4.96. The number of benzene rings is 1. The molecule has 0 spiro atoms. The van der Waals surface area contributed by atoms with Crippen molar-refractivity contribution >= 4 is 11.7 Å². The summed E-state index contributed by atoms with van der Waals surface area (Å²) in [5.74, 6) is 0.495. The molecule has 1 rings (SSSR count). The van der Waals surface area contributed by atoms with Gasteiger partial charge in [0.1, 0.15) is 11.5 Å². The van der Waals surface area contributed by atoms with E-state index in [-0.39, 0.29) is 11.7 Å². The fraction of sp³-hybridized carbons (Fsp3) is 0.200. The highest BCUT2D eigenvalue weighted by Gasteiger charge is 2.05. The maximum Gasteiger partial charge on any atom is 0.211 e. The first-order valence-electron chi connectivity index (χ1n) is 4.55. The SMILES string of the molecule is COc1ccc(C(C)=NN=C(N)N)c(O)c1. The van der Waals surface area contributed by atoms with Crippen LogP contribution in [0.1, 0.15) is 12.5 Å². The molecule has 0 aromatic heterocycles. The zero-order valence-electron chi connectivity index (χ0n) is 9.14. The van der Waals surface area contributed by atoms with Crippen molar-refractivity contribution in [3.63, 3.8) is 0 Å². The molecule has 86 valence electrons. The quantitative estimate of drug-likeness (QED) is 0.391. The van der Waals surface area contributed by atoms with Gasteiger partial charge >= 0.3 is 0 Å². The molecule has 5 N–H and O–H groups in total. The van der Waals surface area contributed by atoms with Crippen molar-refractivity contribution in [1.82, 2.24) is 0 Å². The standard InChI is InChI=1S/C10H14N4O2/c1-6(13-14-10(11)12)8-4-3-7(16-2)5-9(8)15/h3-5,15H,1-2H3,(H4,11,12,14). The van der Waals surface area contributed by atoms with Crippen LogP contribution in [0.25, 0.3) is 0 Å². The van der Waals surface area contributed by atoms with Gasteiger partial charge in [0, 0.05) is 11.6 Å². The highest BCUT2D eigenvalue weighted by molar-refractivity contribution is 6.01. The summed E-state index contributed by atoms with van der Waals surface area (Å²) in [5, 5.41) is 17.0. The molecule has 0 radical (unpaired) electrons. The fourth-order valence-electron chi connectivity index (χ4n) is 1.13. The second-order valence-corrected chi connectivity index (χ2v) is 3.09. The molecule has 0 heterocycles. The summed E-state index contributed by atoms with van der Waals surface area (Å²) in [6.07, 6.45) is 0. The molecule has 0 aliphatic rings. The summed E-state index contributed by atoms with van der Waals surface area (Å²) in [5.41, 5.74) is 11.3. The fourth-order valence-corrected chi connectivity index (χ4v) is 1.13. The lowest BCUT2D eigenvalue weighted by Crippen LogP contribution is -2.22. The lowest BCUT2D eigenvalue weighted by molar-refractivity contribution is 0.407. The number of aromatic hydroxyl groups is 1. The van der Waals surface area contributed by atoms with Crippen LogP contribution < -0.4 is 16.2 Å². The molecular formula is C10H14N4O2. The van der Waals surface area contributed by atoms with E-state index in [1.165, 1.54) is 13.2 Å². The third kappa shape index (κ3) is 2.88. The molecule has 0 atom stereocenters. The topological polar surface area (TPSA) is 106 Å². The molecule has 6 nitrogen and oxygen atoms in total. The summed E-state index contributed by atoms with van der Waals surface area (Å²) in [6.45, 7) is 1.69. The molecule has 0 fully saturated rings. The van der Waals surface area contributed by atoms with Gasteiger partial charge in [-0.05, 0) is 19.1 Å². The summed E-state index contributed by atoms with van der Waals surface area (Å²) >= 11 is 0. The average molecular weight is 222 g/mol. The first-order valence-corrected chi connectivity index (χ1v) is 4.55. The van der Waals surface area contributed by atoms with E-state index in [0.717, 1.165) is 0 Å². The molecule has 0 bridgehead atoms. The van der Waals surface area contributed by atoms with Crippen molar-refractivity contribution in [2.75, 3.05) is 7.11 Å². The smallest absolute Gasteiger partial charge is 0.211 e. The molecular weight excluding hydrogens is 208 g/mol. The minimum atomic E-state index is -0.132. The second kappa shape index (κ2) is 5.01. The summed E-state index contributed by atoms with van der Waals surface area (Å²) in [4.78, 5) is 0. The number of guanidine groups is 1. The van der Waals surface area contributed by atoms with Crippen LogP contribution in [0.5, 0.6) is 11.5 Å². The molecule has 16 heavy (non-hydrogen) atoms. The number of nitrogens with two attached hydrogens (primary N) is 2. The number of methoxy groups -OCH3 is 1. The first kappa shape index (κ1) is 11.8. The Balaban J connectivity index is 3.05. The number of phenols is 1. The summed E-state index contributed by atoms with van der Waals surface area (Å²) in [6, 6.07) is 4.88. The van der Waals surface area contributed by atoms with Crippen molar-refractivity contribution in [2.45, 2.75) is 6.92 Å². The van der Waals surface area contributed by atoms with Crippen molar-refractivity contribution in [3.05, 3.63) is 23.8 Å². The van der Waals surface area contributed by atoms with Crippen LogP contribution in [-0.4, -0.2) is 23.9 Å². The number of ether oxygens (including phenoxy) is 1. The predicted molar refractivity (Wildman–Crippen MR) is 62.7 cm³/mol. The van der Waals surface area contributed by atoms with E-state index in [9.17, 15) is 5.11 Å². The second-order valence-electron chi connectivity index (χ2n) is 3.09. The maximum atomic E-state index is 9.69. The van der Waals surface area contributed by atoms with Gasteiger partial charge in [0.2, 0.25) is 5.96 Å². The zero-order valence-corrected chi connectivity index (χ0v) is 9.14. The van der Waals surface area contributed by atoms with Crippen LogP contribution >= 0.6 is 0 Å².